The quantitative estimate of drug-likeness (QED) is 0.655. The van der Waals surface area contributed by atoms with Crippen molar-refractivity contribution in [1.82, 2.24) is 10.6 Å². The Bertz CT molecular complexity index is 855. The summed E-state index contributed by atoms with van der Waals surface area (Å²) in [4.78, 5) is 35.9. The second-order valence-corrected chi connectivity index (χ2v) is 8.29. The lowest BCUT2D eigenvalue weighted by Crippen LogP contribution is -2.35. The second-order valence-electron chi connectivity index (χ2n) is 8.29. The fourth-order valence-corrected chi connectivity index (χ4v) is 2.79. The van der Waals surface area contributed by atoms with Crippen molar-refractivity contribution >= 4 is 17.8 Å². The van der Waals surface area contributed by atoms with Crippen molar-refractivity contribution in [2.45, 2.75) is 39.0 Å². The molecule has 2 aromatic carbocycles. The van der Waals surface area contributed by atoms with Gasteiger partial charge in [0.15, 0.2) is 6.61 Å². The zero-order valence-electron chi connectivity index (χ0n) is 18.0. The summed E-state index contributed by atoms with van der Waals surface area (Å²) in [5.74, 6) is -1.26. The Labute approximate surface area is 178 Å². The molecule has 30 heavy (non-hydrogen) atoms. The molecule has 2 rings (SSSR count). The molecule has 160 valence electrons. The number of carbonyl (C=O) groups excluding carboxylic acids is 3. The van der Waals surface area contributed by atoms with Crippen LogP contribution in [0.25, 0.3) is 0 Å². The van der Waals surface area contributed by atoms with Crippen LogP contribution >= 0.6 is 0 Å². The van der Waals surface area contributed by atoms with Crippen molar-refractivity contribution in [3.8, 4) is 0 Å². The van der Waals surface area contributed by atoms with Crippen LogP contribution in [0.1, 0.15) is 55.1 Å². The summed E-state index contributed by atoms with van der Waals surface area (Å²) >= 11 is 0. The van der Waals surface area contributed by atoms with Crippen LogP contribution < -0.4 is 10.6 Å². The molecule has 0 unspecified atom stereocenters. The number of esters is 1. The molecule has 0 saturated carbocycles. The molecular weight excluding hydrogens is 380 g/mol. The van der Waals surface area contributed by atoms with Gasteiger partial charge in [-0.1, -0.05) is 70.2 Å². The molecule has 0 aliphatic rings. The van der Waals surface area contributed by atoms with Gasteiger partial charge >= 0.3 is 5.97 Å². The van der Waals surface area contributed by atoms with Gasteiger partial charge in [0.25, 0.3) is 11.8 Å². The van der Waals surface area contributed by atoms with Gasteiger partial charge in [-0.2, -0.15) is 0 Å². The number of carbonyl (C=O) groups is 3. The van der Waals surface area contributed by atoms with Crippen molar-refractivity contribution < 1.29 is 19.1 Å². The molecule has 0 saturated heterocycles. The zero-order chi connectivity index (χ0) is 22.1. The molecule has 6 nitrogen and oxygen atoms in total. The van der Waals surface area contributed by atoms with Gasteiger partial charge in [-0.25, -0.2) is 0 Å². The van der Waals surface area contributed by atoms with Crippen LogP contribution in [-0.2, 0) is 19.7 Å². The van der Waals surface area contributed by atoms with Gasteiger partial charge in [-0.15, -0.1) is 0 Å². The highest BCUT2D eigenvalue weighted by Gasteiger charge is 2.15. The largest absolute Gasteiger partial charge is 0.454 e. The third kappa shape index (κ3) is 7.35. The third-order valence-corrected chi connectivity index (χ3v) is 4.74. The summed E-state index contributed by atoms with van der Waals surface area (Å²) in [6, 6.07) is 17.1. The average molecular weight is 411 g/mol. The third-order valence-electron chi connectivity index (χ3n) is 4.74. The summed E-state index contributed by atoms with van der Waals surface area (Å²) in [7, 11) is 0. The summed E-state index contributed by atoms with van der Waals surface area (Å²) in [6.07, 6.45) is 0. The number of amides is 2. The first kappa shape index (κ1) is 23.1. The number of nitrogens with one attached hydrogen (secondary N) is 2. The molecule has 2 N–H and O–H groups in total. The van der Waals surface area contributed by atoms with Crippen LogP contribution in [0, 0.1) is 0 Å². The van der Waals surface area contributed by atoms with Crippen molar-refractivity contribution in [2.24, 2.45) is 0 Å². The van der Waals surface area contributed by atoms with Gasteiger partial charge in [0.05, 0.1) is 0 Å². The van der Waals surface area contributed by atoms with Gasteiger partial charge in [-0.3, -0.25) is 14.4 Å². The molecule has 2 aromatic rings. The van der Waals surface area contributed by atoms with Crippen LogP contribution in [0.5, 0.6) is 0 Å². The van der Waals surface area contributed by atoms with E-state index in [0.717, 1.165) is 11.1 Å². The topological polar surface area (TPSA) is 84.5 Å². The average Bonchev–Trinajstić information content (AvgIpc) is 2.74. The standard InChI is InChI=1S/C24H30N2O4/c1-17(18-8-6-5-7-9-18)14-25-21(27)16-30-22(28)15-26-23(29)19-10-12-20(13-11-19)24(2,3)4/h5-13,17H,14-16H2,1-4H3,(H,25,27)(H,26,29)/t17-/m1/s1. The first-order valence-electron chi connectivity index (χ1n) is 10.0. The lowest BCUT2D eigenvalue weighted by molar-refractivity contribution is -0.147. The highest BCUT2D eigenvalue weighted by molar-refractivity contribution is 5.96. The molecule has 0 bridgehead atoms. The molecular formula is C24H30N2O4. The van der Waals surface area contributed by atoms with Gasteiger partial charge < -0.3 is 15.4 Å². The van der Waals surface area contributed by atoms with E-state index in [1.807, 2.05) is 49.4 Å². The smallest absolute Gasteiger partial charge is 0.325 e. The Hall–Kier alpha value is -3.15. The fourth-order valence-electron chi connectivity index (χ4n) is 2.79. The van der Waals surface area contributed by atoms with E-state index in [-0.39, 0.29) is 36.3 Å². The Balaban J connectivity index is 1.69. The monoisotopic (exact) mass is 410 g/mol. The fraction of sp³-hybridized carbons (Fsp3) is 0.375. The van der Waals surface area contributed by atoms with E-state index in [0.29, 0.717) is 12.1 Å². The van der Waals surface area contributed by atoms with E-state index >= 15 is 0 Å². The van der Waals surface area contributed by atoms with Gasteiger partial charge in [0, 0.05) is 12.1 Å². The SMILES string of the molecule is C[C@H](CNC(=O)COC(=O)CNC(=O)c1ccc(C(C)(C)C)cc1)c1ccccc1. The molecule has 0 aromatic heterocycles. The van der Waals surface area contributed by atoms with Crippen molar-refractivity contribution in [2.75, 3.05) is 19.7 Å². The van der Waals surface area contributed by atoms with Crippen LogP contribution in [0.4, 0.5) is 0 Å². The molecule has 1 atom stereocenters. The maximum absolute atomic E-state index is 12.2. The highest BCUT2D eigenvalue weighted by atomic mass is 16.5. The van der Waals surface area contributed by atoms with Gasteiger partial charge in [0.1, 0.15) is 6.54 Å². The Morgan fingerprint density at radius 1 is 0.933 bits per heavy atom. The van der Waals surface area contributed by atoms with E-state index in [4.69, 9.17) is 4.74 Å². The van der Waals surface area contributed by atoms with E-state index in [1.165, 1.54) is 0 Å². The Morgan fingerprint density at radius 2 is 1.57 bits per heavy atom. The highest BCUT2D eigenvalue weighted by Crippen LogP contribution is 2.22. The molecule has 6 heteroatoms. The number of rotatable bonds is 8. The Morgan fingerprint density at radius 3 is 2.17 bits per heavy atom. The summed E-state index contributed by atoms with van der Waals surface area (Å²) in [5.41, 5.74) is 2.70. The predicted molar refractivity (Wildman–Crippen MR) is 116 cm³/mol. The molecule has 0 spiro atoms. The van der Waals surface area contributed by atoms with Crippen LogP contribution in [0.15, 0.2) is 54.6 Å². The van der Waals surface area contributed by atoms with E-state index in [1.54, 1.807) is 12.1 Å². The lowest BCUT2D eigenvalue weighted by atomic mass is 9.87. The Kier molecular flexibility index (Phi) is 8.16. The molecule has 0 heterocycles. The zero-order valence-corrected chi connectivity index (χ0v) is 18.0. The van der Waals surface area contributed by atoms with Crippen LogP contribution in [0.3, 0.4) is 0 Å². The molecule has 0 fully saturated rings. The number of hydrogen-bond acceptors (Lipinski definition) is 4. The minimum atomic E-state index is -0.666. The summed E-state index contributed by atoms with van der Waals surface area (Å²) < 4.78 is 4.93. The minimum absolute atomic E-state index is 0.00171. The first-order valence-corrected chi connectivity index (χ1v) is 10.0. The van der Waals surface area contributed by atoms with Gasteiger partial charge in [0.2, 0.25) is 0 Å². The number of benzene rings is 2. The van der Waals surface area contributed by atoms with Crippen molar-refractivity contribution in [3.63, 3.8) is 0 Å². The van der Waals surface area contributed by atoms with Gasteiger partial charge in [-0.05, 0) is 34.6 Å². The maximum Gasteiger partial charge on any atom is 0.325 e. The molecule has 0 radical (unpaired) electrons. The van der Waals surface area contributed by atoms with E-state index in [2.05, 4.69) is 31.4 Å². The number of ether oxygens (including phenoxy) is 1. The normalized spacial score (nSPS) is 12.0. The van der Waals surface area contributed by atoms with Crippen molar-refractivity contribution in [3.05, 3.63) is 71.3 Å². The second kappa shape index (κ2) is 10.6. The number of hydrogen-bond donors (Lipinski definition) is 2. The molecule has 0 aliphatic heterocycles. The molecule has 0 aliphatic carbocycles. The van der Waals surface area contributed by atoms with Crippen LogP contribution in [-0.4, -0.2) is 37.5 Å². The van der Waals surface area contributed by atoms with E-state index < -0.39 is 5.97 Å². The minimum Gasteiger partial charge on any atom is -0.454 e. The summed E-state index contributed by atoms with van der Waals surface area (Å²) in [5, 5.41) is 5.25. The predicted octanol–water partition coefficient (Wildman–Crippen LogP) is 3.18. The van der Waals surface area contributed by atoms with Crippen LogP contribution in [0.2, 0.25) is 0 Å². The maximum atomic E-state index is 12.2. The first-order chi connectivity index (χ1) is 14.2. The van der Waals surface area contributed by atoms with E-state index in [9.17, 15) is 14.4 Å². The summed E-state index contributed by atoms with van der Waals surface area (Å²) in [6.45, 7) is 8.06. The van der Waals surface area contributed by atoms with Crippen molar-refractivity contribution in [1.29, 1.82) is 0 Å². The molecule has 2 amide bonds. The lowest BCUT2D eigenvalue weighted by Gasteiger charge is -2.19.